The zero-order valence-corrected chi connectivity index (χ0v) is 15.9. The van der Waals surface area contributed by atoms with Crippen LogP contribution in [0, 0.1) is 6.92 Å². The highest BCUT2D eigenvalue weighted by molar-refractivity contribution is 7.93. The molecule has 0 radical (unpaired) electrons. The van der Waals surface area contributed by atoms with E-state index in [2.05, 4.69) is 5.32 Å². The van der Waals surface area contributed by atoms with Crippen LogP contribution in [0.4, 0.5) is 0 Å². The van der Waals surface area contributed by atoms with Gasteiger partial charge in [-0.3, -0.25) is 4.79 Å². The molecule has 0 saturated heterocycles. The summed E-state index contributed by atoms with van der Waals surface area (Å²) in [6.07, 6.45) is 0. The first-order valence-electron chi connectivity index (χ1n) is 8.16. The first-order chi connectivity index (χ1) is 12.5. The van der Waals surface area contributed by atoms with Crippen LogP contribution in [0.3, 0.4) is 0 Å². The van der Waals surface area contributed by atoms with E-state index in [9.17, 15) is 13.2 Å². The van der Waals surface area contributed by atoms with Gasteiger partial charge in [0.15, 0.2) is 9.84 Å². The Bertz CT molecular complexity index is 981. The molecule has 1 amide bonds. The summed E-state index contributed by atoms with van der Waals surface area (Å²) in [4.78, 5) is 12.5. The Morgan fingerprint density at radius 2 is 1.69 bits per heavy atom. The molecule has 1 N–H and O–H groups in total. The molecule has 0 aliphatic rings. The van der Waals surface area contributed by atoms with Gasteiger partial charge in [-0.15, -0.1) is 11.3 Å². The molecule has 0 saturated carbocycles. The summed E-state index contributed by atoms with van der Waals surface area (Å²) in [5, 5.41) is 3.69. The second-order valence-corrected chi connectivity index (χ2v) is 9.21. The van der Waals surface area contributed by atoms with E-state index in [0.717, 1.165) is 5.56 Å². The first kappa shape index (κ1) is 18.4. The van der Waals surface area contributed by atoms with Crippen LogP contribution in [-0.4, -0.2) is 20.9 Å². The lowest BCUT2D eigenvalue weighted by Crippen LogP contribution is -2.32. The molecular weight excluding hydrogens is 366 g/mol. The Labute approximate surface area is 157 Å². The van der Waals surface area contributed by atoms with E-state index in [1.54, 1.807) is 53.9 Å². The van der Waals surface area contributed by atoms with Crippen LogP contribution >= 0.6 is 11.3 Å². The topological polar surface area (TPSA) is 63.2 Å². The van der Waals surface area contributed by atoms with E-state index in [1.165, 1.54) is 11.3 Å². The number of aryl methyl sites for hydroxylation is 1. The summed E-state index contributed by atoms with van der Waals surface area (Å²) in [7, 11) is -3.59. The summed E-state index contributed by atoms with van der Waals surface area (Å²) in [5.74, 6) is -0.273. The molecule has 2 aromatic carbocycles. The summed E-state index contributed by atoms with van der Waals surface area (Å²) >= 11 is 1.19. The van der Waals surface area contributed by atoms with Crippen molar-refractivity contribution in [1.29, 1.82) is 0 Å². The second-order valence-electron chi connectivity index (χ2n) is 5.90. The van der Waals surface area contributed by atoms with Gasteiger partial charge in [0.2, 0.25) is 0 Å². The van der Waals surface area contributed by atoms with E-state index in [-0.39, 0.29) is 12.5 Å². The van der Waals surface area contributed by atoms with Crippen LogP contribution < -0.4 is 5.32 Å². The van der Waals surface area contributed by atoms with Crippen LogP contribution in [0.1, 0.15) is 26.7 Å². The molecule has 6 heteroatoms. The molecule has 26 heavy (non-hydrogen) atoms. The lowest BCUT2D eigenvalue weighted by molar-refractivity contribution is 0.0953. The van der Waals surface area contributed by atoms with Crippen molar-refractivity contribution in [2.75, 3.05) is 6.54 Å². The minimum Gasteiger partial charge on any atom is -0.350 e. The predicted molar refractivity (Wildman–Crippen MR) is 104 cm³/mol. The average molecular weight is 386 g/mol. The molecule has 134 valence electrons. The quantitative estimate of drug-likeness (QED) is 0.697. The lowest BCUT2D eigenvalue weighted by atomic mass is 10.1. The number of thiophene rings is 1. The van der Waals surface area contributed by atoms with Crippen molar-refractivity contribution in [3.05, 3.63) is 88.8 Å². The van der Waals surface area contributed by atoms with Gasteiger partial charge < -0.3 is 5.32 Å². The van der Waals surface area contributed by atoms with E-state index in [0.29, 0.717) is 15.3 Å². The van der Waals surface area contributed by atoms with Crippen molar-refractivity contribution in [1.82, 2.24) is 5.32 Å². The molecule has 0 fully saturated rings. The van der Waals surface area contributed by atoms with Gasteiger partial charge in [-0.25, -0.2) is 8.42 Å². The number of nitrogens with one attached hydrogen (secondary N) is 1. The van der Waals surface area contributed by atoms with Gasteiger partial charge in [-0.1, -0.05) is 54.6 Å². The molecule has 0 aliphatic heterocycles. The summed E-state index contributed by atoms with van der Waals surface area (Å²) in [6, 6.07) is 19.5. The van der Waals surface area contributed by atoms with Crippen LogP contribution in [0.15, 0.2) is 76.3 Å². The standard InChI is InChI=1S/C20H19NO3S2/c1-15-8-5-6-11-17(15)20(22)21-14-18(16-9-3-2-4-10-16)26(23,24)19-12-7-13-25-19/h2-13,18H,14H2,1H3,(H,21,22)/t18-/m1/s1. The van der Waals surface area contributed by atoms with Crippen LogP contribution in [0.25, 0.3) is 0 Å². The predicted octanol–water partition coefficient (Wildman–Crippen LogP) is 4.00. The van der Waals surface area contributed by atoms with Crippen LogP contribution in [-0.2, 0) is 9.84 Å². The molecule has 0 unspecified atom stereocenters. The fraction of sp³-hybridized carbons (Fsp3) is 0.150. The fourth-order valence-electron chi connectivity index (χ4n) is 2.75. The number of carbonyl (C=O) groups excluding carboxylic acids is 1. The summed E-state index contributed by atoms with van der Waals surface area (Å²) in [5.41, 5.74) is 2.06. The number of carbonyl (C=O) groups is 1. The molecule has 1 heterocycles. The second kappa shape index (κ2) is 7.85. The molecule has 1 aromatic heterocycles. The largest absolute Gasteiger partial charge is 0.350 e. The third kappa shape index (κ3) is 3.86. The van der Waals surface area contributed by atoms with Gasteiger partial charge in [-0.2, -0.15) is 0 Å². The Morgan fingerprint density at radius 1 is 1.00 bits per heavy atom. The monoisotopic (exact) mass is 385 g/mol. The molecule has 0 bridgehead atoms. The smallest absolute Gasteiger partial charge is 0.251 e. The van der Waals surface area contributed by atoms with Gasteiger partial charge in [0.05, 0.1) is 0 Å². The van der Waals surface area contributed by atoms with Crippen molar-refractivity contribution >= 4 is 27.1 Å². The third-order valence-electron chi connectivity index (χ3n) is 4.16. The number of hydrogen-bond acceptors (Lipinski definition) is 4. The third-order valence-corrected chi connectivity index (χ3v) is 7.69. The van der Waals surface area contributed by atoms with Crippen LogP contribution in [0.2, 0.25) is 0 Å². The highest BCUT2D eigenvalue weighted by atomic mass is 32.2. The van der Waals surface area contributed by atoms with Gasteiger partial charge >= 0.3 is 0 Å². The number of hydrogen-bond donors (Lipinski definition) is 1. The van der Waals surface area contributed by atoms with Gasteiger partial charge in [0.25, 0.3) is 5.91 Å². The van der Waals surface area contributed by atoms with Gasteiger partial charge in [0.1, 0.15) is 9.46 Å². The number of sulfone groups is 1. The van der Waals surface area contributed by atoms with Crippen molar-refractivity contribution in [3.63, 3.8) is 0 Å². The normalized spacial score (nSPS) is 12.5. The zero-order valence-electron chi connectivity index (χ0n) is 14.3. The Morgan fingerprint density at radius 3 is 2.35 bits per heavy atom. The molecule has 0 spiro atoms. The van der Waals surface area contributed by atoms with Gasteiger partial charge in [0, 0.05) is 12.1 Å². The molecule has 0 aliphatic carbocycles. The first-order valence-corrected chi connectivity index (χ1v) is 10.6. The molecule has 1 atom stereocenters. The zero-order chi connectivity index (χ0) is 18.6. The lowest BCUT2D eigenvalue weighted by Gasteiger charge is -2.18. The van der Waals surface area contributed by atoms with Crippen molar-refractivity contribution in [2.45, 2.75) is 16.4 Å². The number of amides is 1. The van der Waals surface area contributed by atoms with Crippen molar-refractivity contribution < 1.29 is 13.2 Å². The average Bonchev–Trinajstić information content (AvgIpc) is 3.18. The SMILES string of the molecule is Cc1ccccc1C(=O)NC[C@H](c1ccccc1)S(=O)(=O)c1cccs1. The maximum absolute atomic E-state index is 13.1. The van der Waals surface area contributed by atoms with Crippen molar-refractivity contribution in [3.8, 4) is 0 Å². The van der Waals surface area contributed by atoms with E-state index < -0.39 is 15.1 Å². The van der Waals surface area contributed by atoms with Crippen molar-refractivity contribution in [2.24, 2.45) is 0 Å². The number of rotatable bonds is 6. The maximum Gasteiger partial charge on any atom is 0.251 e. The molecule has 4 nitrogen and oxygen atoms in total. The minimum absolute atomic E-state index is 0.0113. The maximum atomic E-state index is 13.1. The van der Waals surface area contributed by atoms with E-state index in [1.807, 2.05) is 25.1 Å². The van der Waals surface area contributed by atoms with Crippen LogP contribution in [0.5, 0.6) is 0 Å². The minimum atomic E-state index is -3.59. The summed E-state index contributed by atoms with van der Waals surface area (Å²) < 4.78 is 26.4. The Balaban J connectivity index is 1.88. The van der Waals surface area contributed by atoms with Gasteiger partial charge in [-0.05, 0) is 35.6 Å². The fourth-order valence-corrected chi connectivity index (χ4v) is 5.62. The number of benzene rings is 2. The Hall–Kier alpha value is -2.44. The molecular formula is C20H19NO3S2. The molecule has 3 rings (SSSR count). The highest BCUT2D eigenvalue weighted by Crippen LogP contribution is 2.31. The summed E-state index contributed by atoms with van der Waals surface area (Å²) in [6.45, 7) is 1.86. The highest BCUT2D eigenvalue weighted by Gasteiger charge is 2.30. The van der Waals surface area contributed by atoms with E-state index in [4.69, 9.17) is 0 Å². The Kier molecular flexibility index (Phi) is 5.54. The van der Waals surface area contributed by atoms with E-state index >= 15 is 0 Å². The molecule has 3 aromatic rings.